The molecule has 1 fully saturated rings. The number of nitrogens with two attached hydrogens (primary N) is 2. The number of hydrogen-bond acceptors (Lipinski definition) is 11. The standard InChI is InChI=1S/C28H46N7O7P/c1-7-18(8-2)12-40-25(37)20(9-16(3)4)34-43(39)42-14-28(13-41-26(38)21(29)17(5)6)10-19(28)11-35-15-31-22-23(35)32-27(30)33-24(22)36/h11,15-18,20-21,43H,7-10,12-14,29H2,1-6H3,(H,34,39)(H3,30,32,33,36)/b19-11-/t20-,21-,28?/m0/s1. The SMILES string of the molecule is CCC(CC)COC(=O)[C@H](CC(C)C)N[PH](=O)OCC1(COC(=O)[C@@H](N)C(C)C)C/C1=C/n1cnc2c(=O)[nH]c(N)nc21. The van der Waals surface area contributed by atoms with E-state index in [2.05, 4.69) is 20.0 Å². The van der Waals surface area contributed by atoms with E-state index in [0.29, 0.717) is 19.4 Å². The molecule has 1 aliphatic rings. The van der Waals surface area contributed by atoms with Gasteiger partial charge in [0, 0.05) is 6.20 Å². The van der Waals surface area contributed by atoms with E-state index >= 15 is 0 Å². The van der Waals surface area contributed by atoms with Gasteiger partial charge in [-0.25, -0.2) is 10.1 Å². The monoisotopic (exact) mass is 623 g/mol. The Hall–Kier alpha value is -3.06. The van der Waals surface area contributed by atoms with Crippen LogP contribution in [0.25, 0.3) is 17.4 Å². The molecule has 1 aliphatic carbocycles. The average Bonchev–Trinajstić information content (AvgIpc) is 3.48. The van der Waals surface area contributed by atoms with Gasteiger partial charge < -0.3 is 25.5 Å². The van der Waals surface area contributed by atoms with Crippen molar-refractivity contribution in [1.82, 2.24) is 24.6 Å². The molecule has 0 saturated heterocycles. The van der Waals surface area contributed by atoms with Crippen molar-refractivity contribution < 1.29 is 28.2 Å². The third kappa shape index (κ3) is 9.21. The molecule has 43 heavy (non-hydrogen) atoms. The molecule has 240 valence electrons. The molecule has 14 nitrogen and oxygen atoms in total. The van der Waals surface area contributed by atoms with Crippen LogP contribution in [0.1, 0.15) is 67.2 Å². The summed E-state index contributed by atoms with van der Waals surface area (Å²) in [7, 11) is -2.90. The van der Waals surface area contributed by atoms with Crippen LogP contribution in [0.2, 0.25) is 0 Å². The number of hydrogen-bond donors (Lipinski definition) is 4. The summed E-state index contributed by atoms with van der Waals surface area (Å²) in [6.07, 6.45) is 5.79. The van der Waals surface area contributed by atoms with Gasteiger partial charge >= 0.3 is 11.9 Å². The molecule has 2 unspecified atom stereocenters. The maximum atomic E-state index is 13.1. The van der Waals surface area contributed by atoms with E-state index in [9.17, 15) is 18.9 Å². The van der Waals surface area contributed by atoms with Crippen molar-refractivity contribution >= 4 is 43.4 Å². The Morgan fingerprint density at radius 1 is 1.19 bits per heavy atom. The van der Waals surface area contributed by atoms with Crippen molar-refractivity contribution in [2.45, 2.75) is 79.3 Å². The fourth-order valence-electron chi connectivity index (χ4n) is 4.51. The molecule has 2 aromatic rings. The van der Waals surface area contributed by atoms with Crippen molar-refractivity contribution in [2.75, 3.05) is 25.6 Å². The summed E-state index contributed by atoms with van der Waals surface area (Å²) in [6, 6.07) is -1.59. The second kappa shape index (κ2) is 15.1. The molecular weight excluding hydrogens is 577 g/mol. The van der Waals surface area contributed by atoms with Crippen LogP contribution in [0, 0.1) is 23.2 Å². The summed E-state index contributed by atoms with van der Waals surface area (Å²) in [5, 5.41) is 2.83. The number of nitrogen functional groups attached to an aromatic ring is 1. The molecule has 2 aromatic heterocycles. The number of ether oxygens (including phenoxy) is 2. The van der Waals surface area contributed by atoms with Gasteiger partial charge in [-0.3, -0.25) is 28.5 Å². The fourth-order valence-corrected chi connectivity index (χ4v) is 5.52. The Labute approximate surface area is 252 Å². The van der Waals surface area contributed by atoms with Gasteiger partial charge in [0.1, 0.15) is 25.0 Å². The molecule has 6 N–H and O–H groups in total. The number of nitrogens with zero attached hydrogens (tertiary/aromatic N) is 3. The highest BCUT2D eigenvalue weighted by atomic mass is 31.1. The maximum Gasteiger partial charge on any atom is 0.323 e. The van der Waals surface area contributed by atoms with E-state index in [0.717, 1.165) is 18.4 Å². The zero-order chi connectivity index (χ0) is 31.9. The lowest BCUT2D eigenvalue weighted by Crippen LogP contribution is -2.38. The topological polar surface area (TPSA) is 207 Å². The highest BCUT2D eigenvalue weighted by molar-refractivity contribution is 7.36. The van der Waals surface area contributed by atoms with Crippen molar-refractivity contribution in [3.8, 4) is 0 Å². The average molecular weight is 624 g/mol. The Bertz CT molecular complexity index is 1390. The van der Waals surface area contributed by atoms with Gasteiger partial charge in [0.2, 0.25) is 5.95 Å². The molecule has 15 heteroatoms. The lowest BCUT2D eigenvalue weighted by atomic mass is 10.0. The second-order valence-corrected chi connectivity index (χ2v) is 13.1. The molecule has 0 aromatic carbocycles. The quantitative estimate of drug-likeness (QED) is 0.148. The van der Waals surface area contributed by atoms with Crippen molar-refractivity contribution in [3.63, 3.8) is 0 Å². The molecule has 0 aliphatic heterocycles. The summed E-state index contributed by atoms with van der Waals surface area (Å²) in [6.45, 7) is 11.8. The number of esters is 2. The number of H-pyrrole nitrogens is 1. The van der Waals surface area contributed by atoms with Crippen LogP contribution < -0.4 is 22.1 Å². The lowest BCUT2D eigenvalue weighted by molar-refractivity contribution is -0.149. The van der Waals surface area contributed by atoms with Crippen molar-refractivity contribution in [2.24, 2.45) is 28.9 Å². The number of imidazole rings is 1. The van der Waals surface area contributed by atoms with E-state index in [1.165, 1.54) is 6.33 Å². The Morgan fingerprint density at radius 3 is 2.51 bits per heavy atom. The number of fused-ring (bicyclic) bond motifs is 1. The highest BCUT2D eigenvalue weighted by Crippen LogP contribution is 2.54. The van der Waals surface area contributed by atoms with Crippen LogP contribution >= 0.6 is 8.18 Å². The minimum atomic E-state index is -2.90. The number of anilines is 1. The maximum absolute atomic E-state index is 13.1. The van der Waals surface area contributed by atoms with Crippen LogP contribution in [-0.4, -0.2) is 63.4 Å². The summed E-state index contributed by atoms with van der Waals surface area (Å²) in [5.41, 5.74) is 11.6. The number of rotatable bonds is 17. The van der Waals surface area contributed by atoms with Crippen LogP contribution in [0.5, 0.6) is 0 Å². The van der Waals surface area contributed by atoms with Crippen LogP contribution in [0.3, 0.4) is 0 Å². The van der Waals surface area contributed by atoms with Crippen molar-refractivity contribution in [3.05, 3.63) is 22.3 Å². The molecule has 0 bridgehead atoms. The smallest absolute Gasteiger partial charge is 0.323 e. The highest BCUT2D eigenvalue weighted by Gasteiger charge is 2.51. The molecule has 0 spiro atoms. The van der Waals surface area contributed by atoms with Crippen LogP contribution in [0.15, 0.2) is 16.7 Å². The predicted molar refractivity (Wildman–Crippen MR) is 164 cm³/mol. The van der Waals surface area contributed by atoms with E-state index in [1.54, 1.807) is 10.8 Å². The number of carbonyl (C=O) groups is 2. The van der Waals surface area contributed by atoms with E-state index in [1.807, 2.05) is 41.5 Å². The lowest BCUT2D eigenvalue weighted by Gasteiger charge is -2.22. The van der Waals surface area contributed by atoms with Crippen LogP contribution in [0.4, 0.5) is 5.95 Å². The van der Waals surface area contributed by atoms with Gasteiger partial charge in [0.05, 0.1) is 18.6 Å². The minimum Gasteiger partial charge on any atom is -0.464 e. The normalized spacial score (nSPS) is 19.7. The van der Waals surface area contributed by atoms with Gasteiger partial charge in [-0.15, -0.1) is 0 Å². The van der Waals surface area contributed by atoms with Gasteiger partial charge in [0.25, 0.3) is 13.7 Å². The first-order valence-corrected chi connectivity index (χ1v) is 16.1. The van der Waals surface area contributed by atoms with E-state index < -0.39 is 43.2 Å². The van der Waals surface area contributed by atoms with Gasteiger partial charge in [-0.2, -0.15) is 4.98 Å². The largest absolute Gasteiger partial charge is 0.464 e. The van der Waals surface area contributed by atoms with Gasteiger partial charge in [0.15, 0.2) is 11.2 Å². The summed E-state index contributed by atoms with van der Waals surface area (Å²) in [4.78, 5) is 48.3. The molecule has 3 rings (SSSR count). The van der Waals surface area contributed by atoms with Crippen LogP contribution in [-0.2, 0) is 28.2 Å². The molecule has 4 atom stereocenters. The summed E-state index contributed by atoms with van der Waals surface area (Å²) >= 11 is 0. The molecular formula is C28H46N7O7P. The number of nitrogens with one attached hydrogen (secondary N) is 2. The molecule has 0 radical (unpaired) electrons. The Balaban J connectivity index is 1.76. The third-order valence-electron chi connectivity index (χ3n) is 7.69. The fraction of sp³-hybridized carbons (Fsp3) is 0.679. The second-order valence-electron chi connectivity index (χ2n) is 12.0. The minimum absolute atomic E-state index is 0.0568. The third-order valence-corrected chi connectivity index (χ3v) is 8.68. The number of carbonyl (C=O) groups excluding carboxylic acids is 2. The predicted octanol–water partition coefficient (Wildman–Crippen LogP) is 2.85. The molecule has 2 heterocycles. The van der Waals surface area contributed by atoms with Gasteiger partial charge in [-0.1, -0.05) is 54.4 Å². The van der Waals surface area contributed by atoms with E-state index in [-0.39, 0.29) is 48.1 Å². The van der Waals surface area contributed by atoms with Crippen molar-refractivity contribution in [1.29, 1.82) is 0 Å². The van der Waals surface area contributed by atoms with E-state index in [4.69, 9.17) is 25.5 Å². The zero-order valence-electron chi connectivity index (χ0n) is 25.8. The number of aromatic amines is 1. The number of aromatic nitrogens is 4. The Kier molecular flexibility index (Phi) is 12.1. The first-order chi connectivity index (χ1) is 20.3. The summed E-state index contributed by atoms with van der Waals surface area (Å²) < 4.78 is 31.5. The Morgan fingerprint density at radius 2 is 1.88 bits per heavy atom. The van der Waals surface area contributed by atoms with Gasteiger partial charge in [-0.05, 0) is 36.2 Å². The zero-order valence-corrected chi connectivity index (χ0v) is 26.8. The molecule has 1 saturated carbocycles. The first kappa shape index (κ1) is 34.4. The first-order valence-electron chi connectivity index (χ1n) is 14.8. The summed E-state index contributed by atoms with van der Waals surface area (Å²) in [5.74, 6) is -0.794. The molecule has 0 amide bonds.